The number of imidazole rings is 1. The molecule has 0 spiro atoms. The first-order valence-corrected chi connectivity index (χ1v) is 9.51. The maximum absolute atomic E-state index is 12.7. The summed E-state index contributed by atoms with van der Waals surface area (Å²) in [7, 11) is 0. The normalized spacial score (nSPS) is 12.2. The first-order chi connectivity index (χ1) is 12.7. The number of nitrogens with one attached hydrogen (secondary N) is 1. The van der Waals surface area contributed by atoms with Crippen LogP contribution in [0.5, 0.6) is 0 Å². The van der Waals surface area contributed by atoms with Crippen molar-refractivity contribution in [2.45, 2.75) is 19.3 Å². The Morgan fingerprint density at radius 2 is 1.92 bits per heavy atom. The molecule has 1 N–H and O–H groups in total. The molecule has 130 valence electrons. The Morgan fingerprint density at radius 1 is 1.15 bits per heavy atom. The highest BCUT2D eigenvalue weighted by Crippen LogP contribution is 2.25. The topological polar surface area (TPSA) is 46.4 Å². The molecule has 2 aromatic heterocycles. The number of rotatable bonds is 5. The second kappa shape index (κ2) is 7.14. The summed E-state index contributed by atoms with van der Waals surface area (Å²) < 4.78 is 2.02. The van der Waals surface area contributed by atoms with Gasteiger partial charge in [0.15, 0.2) is 4.96 Å². The largest absolute Gasteiger partial charge is 0.326 e. The van der Waals surface area contributed by atoms with Gasteiger partial charge in [0.1, 0.15) is 0 Å². The maximum Gasteiger partial charge on any atom is 0.231 e. The van der Waals surface area contributed by atoms with Gasteiger partial charge in [0.25, 0.3) is 0 Å². The molecule has 5 heteroatoms. The van der Waals surface area contributed by atoms with Crippen LogP contribution in [0, 0.1) is 0 Å². The number of nitrogens with zero attached hydrogens (tertiary/aromatic N) is 2. The number of anilines is 1. The average molecular weight is 361 g/mol. The molecule has 0 bridgehead atoms. The number of hydrogen-bond acceptors (Lipinski definition) is 3. The van der Waals surface area contributed by atoms with Crippen molar-refractivity contribution in [2.75, 3.05) is 5.32 Å². The average Bonchev–Trinajstić information content (AvgIpc) is 3.26. The quantitative estimate of drug-likeness (QED) is 0.531. The van der Waals surface area contributed by atoms with Crippen molar-refractivity contribution in [3.63, 3.8) is 0 Å². The molecular formula is C21H19N3OS. The second-order valence-corrected chi connectivity index (χ2v) is 7.03. The molecule has 0 radical (unpaired) electrons. The van der Waals surface area contributed by atoms with Gasteiger partial charge in [-0.3, -0.25) is 9.20 Å². The van der Waals surface area contributed by atoms with Gasteiger partial charge < -0.3 is 5.32 Å². The summed E-state index contributed by atoms with van der Waals surface area (Å²) in [5, 5.41) is 5.04. The van der Waals surface area contributed by atoms with E-state index in [2.05, 4.69) is 10.3 Å². The third kappa shape index (κ3) is 3.26. The molecule has 0 aliphatic rings. The van der Waals surface area contributed by atoms with E-state index in [0.717, 1.165) is 33.9 Å². The Balaban J connectivity index is 1.50. The fraction of sp³-hybridized carbons (Fsp3) is 0.143. The fourth-order valence-electron chi connectivity index (χ4n) is 3.08. The van der Waals surface area contributed by atoms with E-state index in [1.54, 1.807) is 11.3 Å². The third-order valence-corrected chi connectivity index (χ3v) is 5.24. The molecule has 0 aliphatic heterocycles. The summed E-state index contributed by atoms with van der Waals surface area (Å²) in [6, 6.07) is 17.7. The molecule has 0 saturated heterocycles. The number of hydrogen-bond donors (Lipinski definition) is 1. The van der Waals surface area contributed by atoms with Gasteiger partial charge in [-0.1, -0.05) is 49.4 Å². The summed E-state index contributed by atoms with van der Waals surface area (Å²) in [4.78, 5) is 18.2. The summed E-state index contributed by atoms with van der Waals surface area (Å²) in [5.74, 6) is -0.121. The van der Waals surface area contributed by atoms with E-state index in [9.17, 15) is 4.79 Å². The molecule has 2 aromatic carbocycles. The van der Waals surface area contributed by atoms with Crippen molar-refractivity contribution in [1.29, 1.82) is 0 Å². The van der Waals surface area contributed by atoms with Gasteiger partial charge in [-0.15, -0.1) is 11.3 Å². The molecule has 4 aromatic rings. The number of aromatic nitrogens is 2. The lowest BCUT2D eigenvalue weighted by atomic mass is 9.95. The minimum absolute atomic E-state index is 0.0222. The van der Waals surface area contributed by atoms with Crippen molar-refractivity contribution in [1.82, 2.24) is 9.38 Å². The van der Waals surface area contributed by atoms with Gasteiger partial charge >= 0.3 is 0 Å². The van der Waals surface area contributed by atoms with Crippen LogP contribution in [0.4, 0.5) is 5.69 Å². The second-order valence-electron chi connectivity index (χ2n) is 6.16. The predicted molar refractivity (Wildman–Crippen MR) is 107 cm³/mol. The molecule has 4 rings (SSSR count). The van der Waals surface area contributed by atoms with Gasteiger partial charge in [0, 0.05) is 29.0 Å². The summed E-state index contributed by atoms with van der Waals surface area (Å²) in [5.41, 5.74) is 3.82. The first-order valence-electron chi connectivity index (χ1n) is 8.63. The minimum atomic E-state index is -0.143. The van der Waals surface area contributed by atoms with Crippen LogP contribution in [-0.2, 0) is 4.79 Å². The van der Waals surface area contributed by atoms with E-state index in [0.29, 0.717) is 0 Å². The zero-order chi connectivity index (χ0) is 17.9. The van der Waals surface area contributed by atoms with Crippen molar-refractivity contribution in [2.24, 2.45) is 0 Å². The number of carbonyl (C=O) groups is 1. The van der Waals surface area contributed by atoms with Crippen LogP contribution in [0.15, 0.2) is 72.4 Å². The summed E-state index contributed by atoms with van der Waals surface area (Å²) >= 11 is 1.61. The highest BCUT2D eigenvalue weighted by molar-refractivity contribution is 7.15. The lowest BCUT2D eigenvalue weighted by Gasteiger charge is -2.15. The van der Waals surface area contributed by atoms with Crippen molar-refractivity contribution in [3.8, 4) is 11.3 Å². The first kappa shape index (κ1) is 16.5. The van der Waals surface area contributed by atoms with Gasteiger partial charge in [-0.05, 0) is 24.1 Å². The maximum atomic E-state index is 12.7. The number of amides is 1. The Labute approximate surface area is 156 Å². The van der Waals surface area contributed by atoms with Crippen LogP contribution >= 0.6 is 11.3 Å². The molecule has 4 nitrogen and oxygen atoms in total. The molecule has 1 unspecified atom stereocenters. The van der Waals surface area contributed by atoms with Crippen molar-refractivity contribution >= 4 is 27.9 Å². The molecule has 26 heavy (non-hydrogen) atoms. The van der Waals surface area contributed by atoms with Crippen molar-refractivity contribution in [3.05, 3.63) is 77.9 Å². The van der Waals surface area contributed by atoms with Crippen LogP contribution in [-0.4, -0.2) is 15.3 Å². The number of carbonyl (C=O) groups excluding carboxylic acids is 1. The molecule has 0 fully saturated rings. The Bertz CT molecular complexity index is 990. The van der Waals surface area contributed by atoms with Gasteiger partial charge in [-0.2, -0.15) is 0 Å². The Hall–Kier alpha value is -2.92. The van der Waals surface area contributed by atoms with Crippen LogP contribution in [0.25, 0.3) is 16.2 Å². The Morgan fingerprint density at radius 3 is 2.62 bits per heavy atom. The Kier molecular flexibility index (Phi) is 4.54. The van der Waals surface area contributed by atoms with Crippen LogP contribution in [0.2, 0.25) is 0 Å². The molecular weight excluding hydrogens is 342 g/mol. The van der Waals surface area contributed by atoms with Crippen LogP contribution < -0.4 is 5.32 Å². The molecule has 0 saturated carbocycles. The zero-order valence-electron chi connectivity index (χ0n) is 14.4. The minimum Gasteiger partial charge on any atom is -0.326 e. The van der Waals surface area contributed by atoms with E-state index < -0.39 is 0 Å². The fourth-order valence-corrected chi connectivity index (χ4v) is 3.78. The number of fused-ring (bicyclic) bond motifs is 1. The van der Waals surface area contributed by atoms with Crippen LogP contribution in [0.1, 0.15) is 24.8 Å². The van der Waals surface area contributed by atoms with E-state index >= 15 is 0 Å². The van der Waals surface area contributed by atoms with E-state index in [1.165, 1.54) is 0 Å². The standard InChI is InChI=1S/C21H19N3OS/c1-2-18(15-6-4-3-5-7-15)20(25)22-17-10-8-16(9-11-17)19-14-24-12-13-26-21(24)23-19/h3-14,18H,2H2,1H3,(H,22,25). The van der Waals surface area contributed by atoms with Crippen molar-refractivity contribution < 1.29 is 4.79 Å². The monoisotopic (exact) mass is 361 g/mol. The van der Waals surface area contributed by atoms with E-state index in [-0.39, 0.29) is 11.8 Å². The van der Waals surface area contributed by atoms with E-state index in [1.807, 2.05) is 83.7 Å². The summed E-state index contributed by atoms with van der Waals surface area (Å²) in [6.07, 6.45) is 4.78. The summed E-state index contributed by atoms with van der Waals surface area (Å²) in [6.45, 7) is 2.03. The van der Waals surface area contributed by atoms with Gasteiger partial charge in [-0.25, -0.2) is 4.98 Å². The molecule has 2 heterocycles. The van der Waals surface area contributed by atoms with Gasteiger partial charge in [0.05, 0.1) is 11.6 Å². The third-order valence-electron chi connectivity index (χ3n) is 4.47. The van der Waals surface area contributed by atoms with E-state index in [4.69, 9.17) is 0 Å². The molecule has 0 aliphatic carbocycles. The molecule has 1 amide bonds. The number of benzene rings is 2. The zero-order valence-corrected chi connectivity index (χ0v) is 15.2. The lowest BCUT2D eigenvalue weighted by Crippen LogP contribution is -2.20. The highest BCUT2D eigenvalue weighted by atomic mass is 32.1. The predicted octanol–water partition coefficient (Wildman–Crippen LogP) is 5.20. The van der Waals surface area contributed by atoms with Gasteiger partial charge in [0.2, 0.25) is 5.91 Å². The van der Waals surface area contributed by atoms with Crippen LogP contribution in [0.3, 0.4) is 0 Å². The SMILES string of the molecule is CCC(C(=O)Nc1ccc(-c2cn3ccsc3n2)cc1)c1ccccc1. The molecule has 1 atom stereocenters. The number of thiazole rings is 1. The smallest absolute Gasteiger partial charge is 0.231 e. The highest BCUT2D eigenvalue weighted by Gasteiger charge is 2.18. The lowest BCUT2D eigenvalue weighted by molar-refractivity contribution is -0.117.